The Hall–Kier alpha value is -2.36. The normalized spacial score (nSPS) is 10.8. The maximum Gasteiger partial charge on any atom is 0.221 e. The Bertz CT molecular complexity index is 568. The quantitative estimate of drug-likeness (QED) is 0.610. The average Bonchev–Trinajstić information content (AvgIpc) is 2.83. The van der Waals surface area contributed by atoms with Gasteiger partial charge in [0, 0.05) is 19.4 Å². The minimum Gasteiger partial charge on any atom is -0.497 e. The molecular weight excluding hydrogens is 228 g/mol. The number of methoxy groups -OCH3 is 1. The number of rotatable bonds is 4. The molecule has 0 amide bonds. The number of ether oxygens (including phenoxy) is 1. The number of nitrogens with zero attached hydrogens (tertiary/aromatic N) is 2. The van der Waals surface area contributed by atoms with Crippen molar-refractivity contribution in [2.45, 2.75) is 0 Å². The predicted molar refractivity (Wildman–Crippen MR) is 69.6 cm³/mol. The molecule has 0 atom stereocenters. The van der Waals surface area contributed by atoms with E-state index in [4.69, 9.17) is 4.74 Å². The number of carbonyl (C=O) groups excluding carboxylic acids is 1. The lowest BCUT2D eigenvalue weighted by atomic mass is 10.2. The third-order valence-electron chi connectivity index (χ3n) is 2.58. The maximum atomic E-state index is 11.8. The van der Waals surface area contributed by atoms with Crippen LogP contribution in [0.2, 0.25) is 0 Å². The summed E-state index contributed by atoms with van der Waals surface area (Å²) in [6.07, 6.45) is 6.63. The topological polar surface area (TPSA) is 44.1 Å². The molecule has 2 aromatic rings. The van der Waals surface area contributed by atoms with E-state index in [1.165, 1.54) is 6.08 Å². The van der Waals surface area contributed by atoms with Crippen molar-refractivity contribution in [3.05, 3.63) is 54.1 Å². The lowest BCUT2D eigenvalue weighted by Gasteiger charge is -1.99. The summed E-state index contributed by atoms with van der Waals surface area (Å²) in [5.74, 6) is 1.11. The van der Waals surface area contributed by atoms with E-state index >= 15 is 0 Å². The first kappa shape index (κ1) is 12.1. The molecule has 4 heteroatoms. The number of aromatic nitrogens is 2. The van der Waals surface area contributed by atoms with Crippen LogP contribution in [0.3, 0.4) is 0 Å². The number of carbonyl (C=O) groups is 1. The van der Waals surface area contributed by atoms with E-state index in [0.717, 1.165) is 11.3 Å². The molecule has 1 heterocycles. The van der Waals surface area contributed by atoms with Crippen molar-refractivity contribution in [2.24, 2.45) is 7.05 Å². The van der Waals surface area contributed by atoms with Crippen LogP contribution in [-0.4, -0.2) is 22.4 Å². The molecule has 4 nitrogen and oxygen atoms in total. The number of benzene rings is 1. The van der Waals surface area contributed by atoms with Crippen molar-refractivity contribution in [3.63, 3.8) is 0 Å². The molecule has 0 bridgehead atoms. The van der Waals surface area contributed by atoms with Gasteiger partial charge in [-0.1, -0.05) is 18.2 Å². The average molecular weight is 242 g/mol. The number of hydrogen-bond acceptors (Lipinski definition) is 3. The zero-order chi connectivity index (χ0) is 13.0. The first-order chi connectivity index (χ1) is 8.70. The third-order valence-corrected chi connectivity index (χ3v) is 2.58. The van der Waals surface area contributed by atoms with Gasteiger partial charge in [0.05, 0.1) is 7.11 Å². The lowest BCUT2D eigenvalue weighted by molar-refractivity contribution is 0.103. The highest BCUT2D eigenvalue weighted by molar-refractivity contribution is 6.04. The molecule has 1 aromatic heterocycles. The minimum atomic E-state index is -0.113. The van der Waals surface area contributed by atoms with Crippen molar-refractivity contribution >= 4 is 11.9 Å². The highest BCUT2D eigenvalue weighted by atomic mass is 16.5. The summed E-state index contributed by atoms with van der Waals surface area (Å²) in [7, 11) is 3.41. The van der Waals surface area contributed by atoms with Gasteiger partial charge in [-0.05, 0) is 23.8 Å². The number of ketones is 1. The maximum absolute atomic E-state index is 11.8. The Balaban J connectivity index is 2.11. The van der Waals surface area contributed by atoms with Crippen LogP contribution < -0.4 is 4.74 Å². The van der Waals surface area contributed by atoms with Crippen LogP contribution in [0.4, 0.5) is 0 Å². The van der Waals surface area contributed by atoms with Crippen LogP contribution in [0.5, 0.6) is 5.75 Å². The molecule has 0 saturated heterocycles. The highest BCUT2D eigenvalue weighted by Crippen LogP contribution is 2.12. The van der Waals surface area contributed by atoms with Gasteiger partial charge in [-0.2, -0.15) is 0 Å². The van der Waals surface area contributed by atoms with Crippen molar-refractivity contribution < 1.29 is 9.53 Å². The zero-order valence-electron chi connectivity index (χ0n) is 10.3. The number of hydrogen-bond donors (Lipinski definition) is 0. The van der Waals surface area contributed by atoms with E-state index in [1.807, 2.05) is 24.3 Å². The summed E-state index contributed by atoms with van der Waals surface area (Å²) in [5.41, 5.74) is 0.943. The van der Waals surface area contributed by atoms with Crippen molar-refractivity contribution in [3.8, 4) is 5.75 Å². The first-order valence-electron chi connectivity index (χ1n) is 5.54. The molecule has 0 radical (unpaired) electrons. The molecule has 0 fully saturated rings. The largest absolute Gasteiger partial charge is 0.497 e. The molecule has 92 valence electrons. The molecule has 2 rings (SSSR count). The van der Waals surface area contributed by atoms with E-state index in [9.17, 15) is 4.79 Å². The van der Waals surface area contributed by atoms with Gasteiger partial charge < -0.3 is 9.30 Å². The Morgan fingerprint density at radius 2 is 2.06 bits per heavy atom. The number of aryl methyl sites for hydroxylation is 1. The standard InChI is InChI=1S/C14H14N2O2/c1-16-10-9-15-14(16)13(17)8-5-11-3-6-12(18-2)7-4-11/h3-10H,1-2H3. The molecule has 0 saturated carbocycles. The lowest BCUT2D eigenvalue weighted by Crippen LogP contribution is -2.03. The van der Waals surface area contributed by atoms with E-state index < -0.39 is 0 Å². The predicted octanol–water partition coefficient (Wildman–Crippen LogP) is 2.32. The fourth-order valence-corrected chi connectivity index (χ4v) is 1.56. The Morgan fingerprint density at radius 1 is 1.33 bits per heavy atom. The second-order valence-electron chi connectivity index (χ2n) is 3.83. The van der Waals surface area contributed by atoms with Crippen molar-refractivity contribution in [2.75, 3.05) is 7.11 Å². The fourth-order valence-electron chi connectivity index (χ4n) is 1.56. The second kappa shape index (κ2) is 5.31. The Kier molecular flexibility index (Phi) is 3.57. The van der Waals surface area contributed by atoms with Crippen LogP contribution in [0, 0.1) is 0 Å². The van der Waals surface area contributed by atoms with E-state index in [1.54, 1.807) is 37.2 Å². The van der Waals surface area contributed by atoms with Crippen LogP contribution in [-0.2, 0) is 7.05 Å². The summed E-state index contributed by atoms with van der Waals surface area (Å²) in [5, 5.41) is 0. The van der Waals surface area contributed by atoms with E-state index in [2.05, 4.69) is 4.98 Å². The van der Waals surface area contributed by atoms with Crippen LogP contribution in [0.25, 0.3) is 6.08 Å². The van der Waals surface area contributed by atoms with Gasteiger partial charge in [-0.3, -0.25) is 4.79 Å². The number of imidazole rings is 1. The van der Waals surface area contributed by atoms with Gasteiger partial charge in [0.1, 0.15) is 5.75 Å². The van der Waals surface area contributed by atoms with Crippen molar-refractivity contribution in [1.29, 1.82) is 0 Å². The van der Waals surface area contributed by atoms with Gasteiger partial charge in [0.25, 0.3) is 0 Å². The molecule has 0 spiro atoms. The minimum absolute atomic E-state index is 0.113. The van der Waals surface area contributed by atoms with Gasteiger partial charge in [0.2, 0.25) is 5.78 Å². The summed E-state index contributed by atoms with van der Waals surface area (Å²) in [6, 6.07) is 7.48. The SMILES string of the molecule is COc1ccc(C=CC(=O)c2nccn2C)cc1. The second-order valence-corrected chi connectivity index (χ2v) is 3.83. The first-order valence-corrected chi connectivity index (χ1v) is 5.54. The molecule has 18 heavy (non-hydrogen) atoms. The molecule has 0 N–H and O–H groups in total. The summed E-state index contributed by atoms with van der Waals surface area (Å²) < 4.78 is 6.76. The van der Waals surface area contributed by atoms with Gasteiger partial charge in [-0.15, -0.1) is 0 Å². The molecule has 0 unspecified atom stereocenters. The smallest absolute Gasteiger partial charge is 0.221 e. The molecule has 0 aliphatic heterocycles. The third kappa shape index (κ3) is 2.66. The molecule has 0 aliphatic rings. The summed E-state index contributed by atoms with van der Waals surface area (Å²) in [4.78, 5) is 15.8. The van der Waals surface area contributed by atoms with Gasteiger partial charge >= 0.3 is 0 Å². The molecular formula is C14H14N2O2. The Labute approximate surface area is 106 Å². The van der Waals surface area contributed by atoms with Crippen LogP contribution in [0.1, 0.15) is 16.2 Å². The molecule has 0 aliphatic carbocycles. The molecule has 1 aromatic carbocycles. The zero-order valence-corrected chi connectivity index (χ0v) is 10.3. The van der Waals surface area contributed by atoms with E-state index in [0.29, 0.717) is 5.82 Å². The fraction of sp³-hybridized carbons (Fsp3) is 0.143. The van der Waals surface area contributed by atoms with Crippen molar-refractivity contribution in [1.82, 2.24) is 9.55 Å². The van der Waals surface area contributed by atoms with Crippen LogP contribution >= 0.6 is 0 Å². The monoisotopic (exact) mass is 242 g/mol. The van der Waals surface area contributed by atoms with Gasteiger partial charge in [0.15, 0.2) is 5.82 Å². The number of allylic oxidation sites excluding steroid dienone is 1. The van der Waals surface area contributed by atoms with Gasteiger partial charge in [-0.25, -0.2) is 4.98 Å². The van der Waals surface area contributed by atoms with Crippen LogP contribution in [0.15, 0.2) is 42.7 Å². The van der Waals surface area contributed by atoms with E-state index in [-0.39, 0.29) is 5.78 Å². The summed E-state index contributed by atoms with van der Waals surface area (Å²) >= 11 is 0. The highest BCUT2D eigenvalue weighted by Gasteiger charge is 2.06. The Morgan fingerprint density at radius 3 is 2.61 bits per heavy atom. The summed E-state index contributed by atoms with van der Waals surface area (Å²) in [6.45, 7) is 0.